The van der Waals surface area contributed by atoms with E-state index in [0.29, 0.717) is 4.57 Å². The van der Waals surface area contributed by atoms with E-state index in [1.54, 1.807) is 32.0 Å². The van der Waals surface area contributed by atoms with Gasteiger partial charge in [-0.3, -0.25) is 13.9 Å². The quantitative estimate of drug-likeness (QED) is 0.248. The predicted molar refractivity (Wildman–Crippen MR) is 136 cm³/mol. The van der Waals surface area contributed by atoms with Gasteiger partial charge in [-0.05, 0) is 32.0 Å². The fourth-order valence-corrected chi connectivity index (χ4v) is 5.64. The van der Waals surface area contributed by atoms with Gasteiger partial charge in [-0.25, -0.2) is 18.1 Å². The maximum atomic E-state index is 16.0. The first-order valence-corrected chi connectivity index (χ1v) is 13.7. The number of esters is 1. The van der Waals surface area contributed by atoms with Gasteiger partial charge in [-0.1, -0.05) is 37.0 Å². The molecule has 2 aromatic rings. The zero-order valence-electron chi connectivity index (χ0n) is 21.5. The molecule has 1 aliphatic heterocycles. The summed E-state index contributed by atoms with van der Waals surface area (Å²) in [5, 5.41) is 10.8. The summed E-state index contributed by atoms with van der Waals surface area (Å²) in [5.41, 5.74) is 1.51. The second-order valence-corrected chi connectivity index (χ2v) is 11.1. The van der Waals surface area contributed by atoms with Crippen LogP contribution < -0.4 is 15.9 Å². The summed E-state index contributed by atoms with van der Waals surface area (Å²) in [7, 11) is -4.15. The highest BCUT2D eigenvalue weighted by Gasteiger charge is 2.58. The molecule has 6 atom stereocenters. The van der Waals surface area contributed by atoms with Gasteiger partial charge in [0, 0.05) is 6.20 Å². The Balaban J connectivity index is 1.88. The number of benzene rings is 1. The molecule has 0 saturated carbocycles. The Hall–Kier alpha value is -3.30. The molecule has 3 rings (SSSR count). The molecule has 0 radical (unpaired) electrons. The molecular weight excluding hydrogens is 539 g/mol. The van der Waals surface area contributed by atoms with Gasteiger partial charge < -0.3 is 24.8 Å². The first-order valence-electron chi connectivity index (χ1n) is 12.0. The Morgan fingerprint density at radius 1 is 1.31 bits per heavy atom. The summed E-state index contributed by atoms with van der Waals surface area (Å²) in [4.78, 5) is 28.3. The van der Waals surface area contributed by atoms with Crippen molar-refractivity contribution in [3.63, 3.8) is 0 Å². The third kappa shape index (κ3) is 7.42. The molecule has 0 bridgehead atoms. The lowest BCUT2D eigenvalue weighted by Crippen LogP contribution is -2.44. The van der Waals surface area contributed by atoms with E-state index in [1.807, 2.05) is 11.8 Å². The SMILES string of the molecule is CC(C)OC(=O)[C@H](C)C[P@](=O)(OC[C@H]1O[C@@H](n2ccc(N)nc2=O)C(F)(C#CCF)[C@H]1O)Oc1ccccc1. The maximum absolute atomic E-state index is 16.0. The van der Waals surface area contributed by atoms with Crippen molar-refractivity contribution in [2.24, 2.45) is 5.92 Å². The summed E-state index contributed by atoms with van der Waals surface area (Å²) < 4.78 is 65.3. The second-order valence-electron chi connectivity index (χ2n) is 9.10. The average Bonchev–Trinajstić information content (AvgIpc) is 3.11. The van der Waals surface area contributed by atoms with E-state index in [2.05, 4.69) is 4.98 Å². The van der Waals surface area contributed by atoms with E-state index < -0.39 is 74.8 Å². The zero-order valence-corrected chi connectivity index (χ0v) is 22.4. The fourth-order valence-electron chi connectivity index (χ4n) is 3.77. The topological polar surface area (TPSA) is 152 Å². The lowest BCUT2D eigenvalue weighted by Gasteiger charge is -2.25. The average molecular weight is 569 g/mol. The summed E-state index contributed by atoms with van der Waals surface area (Å²) >= 11 is 0. The molecule has 1 aromatic heterocycles. The standard InChI is InChI=1S/C25H30F2N3O8P/c1-16(2)36-22(32)17(3)15-39(34,38-18-8-5-4-6-9-18)35-14-19-21(31)25(27,11-7-12-26)23(37-19)30-13-10-20(28)29-24(30)33/h4-6,8-10,13,16-17,19,21,23,31H,12,14-15H2,1-3H3,(H2,28,29,33)/t17-,19-,21+,23-,25?,39+/m1/s1. The number of carbonyl (C=O) groups is 1. The minimum absolute atomic E-state index is 0.141. The van der Waals surface area contributed by atoms with Crippen LogP contribution in [0.2, 0.25) is 0 Å². The number of hydrogen-bond acceptors (Lipinski definition) is 10. The summed E-state index contributed by atoms with van der Waals surface area (Å²) in [5.74, 6) is 2.36. The fraction of sp³-hybridized carbons (Fsp3) is 0.480. The van der Waals surface area contributed by atoms with E-state index in [9.17, 15) is 23.7 Å². The lowest BCUT2D eigenvalue weighted by molar-refractivity contribution is -0.151. The van der Waals surface area contributed by atoms with Crippen LogP contribution in [0.4, 0.5) is 14.6 Å². The third-order valence-corrected chi connectivity index (χ3v) is 7.60. The van der Waals surface area contributed by atoms with Gasteiger partial charge in [-0.15, -0.1) is 0 Å². The Bertz CT molecular complexity index is 1320. The van der Waals surface area contributed by atoms with Crippen LogP contribution in [0.25, 0.3) is 0 Å². The molecule has 1 unspecified atom stereocenters. The van der Waals surface area contributed by atoms with Crippen LogP contribution in [0.15, 0.2) is 47.4 Å². The second kappa shape index (κ2) is 12.7. The van der Waals surface area contributed by atoms with Crippen LogP contribution in [0.5, 0.6) is 5.75 Å². The molecule has 11 nitrogen and oxygen atoms in total. The zero-order chi connectivity index (χ0) is 28.8. The van der Waals surface area contributed by atoms with Gasteiger partial charge >= 0.3 is 19.3 Å². The summed E-state index contributed by atoms with van der Waals surface area (Å²) in [6.45, 7) is 2.87. The summed E-state index contributed by atoms with van der Waals surface area (Å²) in [6.07, 6.45) is -5.21. The van der Waals surface area contributed by atoms with Gasteiger partial charge in [0.2, 0.25) is 5.67 Å². The molecule has 2 heterocycles. The van der Waals surface area contributed by atoms with Crippen molar-refractivity contribution < 1.29 is 41.8 Å². The van der Waals surface area contributed by atoms with Crippen LogP contribution in [-0.2, 0) is 23.4 Å². The number of aromatic nitrogens is 2. The number of anilines is 1. The molecule has 39 heavy (non-hydrogen) atoms. The van der Waals surface area contributed by atoms with Crippen LogP contribution in [0.3, 0.4) is 0 Å². The van der Waals surface area contributed by atoms with Crippen LogP contribution >= 0.6 is 7.60 Å². The molecule has 0 amide bonds. The Morgan fingerprint density at radius 2 is 2.00 bits per heavy atom. The number of nitrogens with two attached hydrogens (primary N) is 1. The number of carbonyl (C=O) groups excluding carboxylic acids is 1. The molecular formula is C25H30F2N3O8P. The predicted octanol–water partition coefficient (Wildman–Crippen LogP) is 2.64. The number of halogens is 2. The van der Waals surface area contributed by atoms with Crippen LogP contribution in [0, 0.1) is 17.8 Å². The maximum Gasteiger partial charge on any atom is 0.380 e. The number of nitrogen functional groups attached to an aromatic ring is 1. The monoisotopic (exact) mass is 569 g/mol. The van der Waals surface area contributed by atoms with Gasteiger partial charge in [0.1, 0.15) is 30.4 Å². The van der Waals surface area contributed by atoms with Crippen molar-refractivity contribution in [2.45, 2.75) is 51.0 Å². The van der Waals surface area contributed by atoms with Gasteiger partial charge in [0.25, 0.3) is 0 Å². The molecule has 1 aromatic carbocycles. The molecule has 3 N–H and O–H groups in total. The van der Waals surface area contributed by atoms with Crippen molar-refractivity contribution in [1.29, 1.82) is 0 Å². The molecule has 1 fully saturated rings. The molecule has 14 heteroatoms. The van der Waals surface area contributed by atoms with Crippen molar-refractivity contribution in [3.8, 4) is 17.6 Å². The third-order valence-electron chi connectivity index (χ3n) is 5.57. The first kappa shape index (κ1) is 30.2. The minimum Gasteiger partial charge on any atom is -0.463 e. The molecule has 1 aliphatic rings. The largest absolute Gasteiger partial charge is 0.463 e. The van der Waals surface area contributed by atoms with Gasteiger partial charge in [-0.2, -0.15) is 4.98 Å². The number of rotatable bonds is 10. The number of nitrogens with zero attached hydrogens (tertiary/aromatic N) is 2. The molecule has 1 saturated heterocycles. The number of alkyl halides is 2. The van der Waals surface area contributed by atoms with Crippen molar-refractivity contribution >= 4 is 19.4 Å². The van der Waals surface area contributed by atoms with E-state index in [4.69, 9.17) is 24.3 Å². The molecule has 212 valence electrons. The first-order chi connectivity index (χ1) is 18.4. The Kier molecular flexibility index (Phi) is 9.85. The van der Waals surface area contributed by atoms with Crippen molar-refractivity contribution in [1.82, 2.24) is 9.55 Å². The van der Waals surface area contributed by atoms with Gasteiger partial charge in [0.05, 0.1) is 24.8 Å². The number of hydrogen-bond donors (Lipinski definition) is 2. The Morgan fingerprint density at radius 3 is 2.62 bits per heavy atom. The number of aliphatic hydroxyl groups is 1. The molecule has 0 spiro atoms. The van der Waals surface area contributed by atoms with Crippen LogP contribution in [-0.4, -0.2) is 64.1 Å². The molecule has 0 aliphatic carbocycles. The number of para-hydroxylation sites is 1. The number of ether oxygens (including phenoxy) is 2. The Labute approximate surface area is 223 Å². The smallest absolute Gasteiger partial charge is 0.380 e. The van der Waals surface area contributed by atoms with Gasteiger partial charge in [0.15, 0.2) is 6.23 Å². The van der Waals surface area contributed by atoms with E-state index in [0.717, 1.165) is 6.20 Å². The highest BCUT2D eigenvalue weighted by Crippen LogP contribution is 2.51. The van der Waals surface area contributed by atoms with Crippen molar-refractivity contribution in [2.75, 3.05) is 25.2 Å². The normalized spacial score (nSPS) is 24.8. The highest BCUT2D eigenvalue weighted by molar-refractivity contribution is 7.54. The lowest BCUT2D eigenvalue weighted by atomic mass is 9.96. The minimum atomic E-state index is -4.15. The van der Waals surface area contributed by atoms with E-state index >= 15 is 4.39 Å². The number of aliphatic hydroxyl groups excluding tert-OH is 1. The highest BCUT2D eigenvalue weighted by atomic mass is 31.2. The van der Waals surface area contributed by atoms with E-state index in [-0.39, 0.29) is 11.6 Å². The summed E-state index contributed by atoms with van der Waals surface area (Å²) in [6, 6.07) is 9.20. The van der Waals surface area contributed by atoms with Crippen LogP contribution in [0.1, 0.15) is 27.0 Å². The van der Waals surface area contributed by atoms with E-state index in [1.165, 1.54) is 25.1 Å². The van der Waals surface area contributed by atoms with Crippen molar-refractivity contribution in [3.05, 3.63) is 53.1 Å².